The van der Waals surface area contributed by atoms with Crippen molar-refractivity contribution in [1.82, 2.24) is 15.6 Å². The number of nitrogens with zero attached hydrogens (tertiary/aromatic N) is 2. The fraction of sp³-hybridized carbons (Fsp3) is 0.500. The van der Waals surface area contributed by atoms with Gasteiger partial charge >= 0.3 is 0 Å². The molecule has 0 bridgehead atoms. The summed E-state index contributed by atoms with van der Waals surface area (Å²) in [5.41, 5.74) is 2.05. The molecule has 0 amide bonds. The molecule has 1 aromatic carbocycles. The molecule has 1 aliphatic carbocycles. The van der Waals surface area contributed by atoms with Gasteiger partial charge < -0.3 is 15.4 Å². The highest BCUT2D eigenvalue weighted by molar-refractivity contribution is 7.85. The molecule has 1 aliphatic rings. The molecule has 1 fully saturated rings. The van der Waals surface area contributed by atoms with Crippen LogP contribution < -0.4 is 15.4 Å². The first kappa shape index (κ1) is 23.3. The lowest BCUT2D eigenvalue weighted by molar-refractivity contribution is 0.290. The van der Waals surface area contributed by atoms with E-state index in [0.29, 0.717) is 25.1 Å². The minimum atomic E-state index is -0.733. The predicted octanol–water partition coefficient (Wildman–Crippen LogP) is 3.80. The third-order valence-corrected chi connectivity index (χ3v) is 7.18. The molecule has 3 rings (SSSR count). The van der Waals surface area contributed by atoms with Crippen molar-refractivity contribution < 1.29 is 8.95 Å². The Hall–Kier alpha value is -2.41. The maximum atomic E-state index is 12.3. The number of nitrogens with one attached hydrogen (secondary N) is 2. The second kappa shape index (κ2) is 12.4. The van der Waals surface area contributed by atoms with Crippen LogP contribution in [0.2, 0.25) is 0 Å². The summed E-state index contributed by atoms with van der Waals surface area (Å²) in [5, 5.41) is 7.18. The Bertz CT molecular complexity index is 860. The molecule has 3 atom stereocenters. The molecule has 7 heteroatoms. The first-order valence-corrected chi connectivity index (χ1v) is 12.6. The maximum absolute atomic E-state index is 12.3. The number of benzene rings is 1. The van der Waals surface area contributed by atoms with Gasteiger partial charge in [-0.3, -0.25) is 4.21 Å². The monoisotopic (exact) mass is 442 g/mol. The average molecular weight is 443 g/mol. The molecular weight excluding hydrogens is 408 g/mol. The van der Waals surface area contributed by atoms with E-state index in [1.54, 1.807) is 6.20 Å². The van der Waals surface area contributed by atoms with Crippen LogP contribution in [0.4, 0.5) is 0 Å². The summed E-state index contributed by atoms with van der Waals surface area (Å²) in [6.07, 6.45) is 5.92. The lowest BCUT2D eigenvalue weighted by Crippen LogP contribution is -2.46. The van der Waals surface area contributed by atoms with Gasteiger partial charge in [-0.1, -0.05) is 49.7 Å². The highest BCUT2D eigenvalue weighted by Gasteiger charge is 2.26. The number of ether oxygens (including phenoxy) is 1. The van der Waals surface area contributed by atoms with E-state index in [-0.39, 0.29) is 5.25 Å². The minimum absolute atomic E-state index is 0.287. The van der Waals surface area contributed by atoms with Gasteiger partial charge in [0.25, 0.3) is 0 Å². The van der Waals surface area contributed by atoms with Gasteiger partial charge in [0.2, 0.25) is 5.88 Å². The van der Waals surface area contributed by atoms with Crippen LogP contribution in [0.1, 0.15) is 50.7 Å². The average Bonchev–Trinajstić information content (AvgIpc) is 2.82. The molecular formula is C24H34N4O2S. The summed E-state index contributed by atoms with van der Waals surface area (Å²) in [6, 6.07) is 14.3. The van der Waals surface area contributed by atoms with Gasteiger partial charge in [-0.25, -0.2) is 9.98 Å². The van der Waals surface area contributed by atoms with Crippen molar-refractivity contribution >= 4 is 16.8 Å². The summed E-state index contributed by atoms with van der Waals surface area (Å²) >= 11 is 0. The van der Waals surface area contributed by atoms with E-state index in [4.69, 9.17) is 9.73 Å². The molecule has 0 saturated heterocycles. The largest absolute Gasteiger partial charge is 0.473 e. The topological polar surface area (TPSA) is 75.6 Å². The Balaban J connectivity index is 1.63. The van der Waals surface area contributed by atoms with E-state index >= 15 is 0 Å². The number of aromatic nitrogens is 1. The molecule has 31 heavy (non-hydrogen) atoms. The van der Waals surface area contributed by atoms with E-state index in [2.05, 4.69) is 22.5 Å². The Morgan fingerprint density at radius 2 is 2.03 bits per heavy atom. The number of guanidine groups is 1. The molecule has 1 aromatic heterocycles. The molecule has 0 aliphatic heterocycles. The number of hydrogen-bond acceptors (Lipinski definition) is 4. The lowest BCUT2D eigenvalue weighted by atomic mass is 9.95. The molecule has 6 nitrogen and oxygen atoms in total. The van der Waals surface area contributed by atoms with Gasteiger partial charge in [-0.05, 0) is 37.8 Å². The first-order chi connectivity index (χ1) is 15.2. The van der Waals surface area contributed by atoms with Crippen molar-refractivity contribution in [2.24, 2.45) is 4.99 Å². The molecule has 1 heterocycles. The van der Waals surface area contributed by atoms with Gasteiger partial charge in [0.1, 0.15) is 6.61 Å². The zero-order valence-electron chi connectivity index (χ0n) is 18.5. The van der Waals surface area contributed by atoms with Crippen LogP contribution in [-0.4, -0.2) is 38.7 Å². The number of hydrogen-bond donors (Lipinski definition) is 2. The summed E-state index contributed by atoms with van der Waals surface area (Å²) in [5.74, 6) is 2.13. The van der Waals surface area contributed by atoms with E-state index in [1.807, 2.05) is 49.4 Å². The van der Waals surface area contributed by atoms with Crippen LogP contribution in [0, 0.1) is 0 Å². The number of aliphatic imine (C=N–C) groups is 1. The molecule has 0 radical (unpaired) electrons. The van der Waals surface area contributed by atoms with Crippen molar-refractivity contribution in [2.45, 2.75) is 64.0 Å². The fourth-order valence-corrected chi connectivity index (χ4v) is 5.18. The molecule has 2 aromatic rings. The van der Waals surface area contributed by atoms with Gasteiger partial charge in [-0.2, -0.15) is 0 Å². The zero-order chi connectivity index (χ0) is 21.9. The van der Waals surface area contributed by atoms with Crippen LogP contribution in [0.25, 0.3) is 0 Å². The maximum Gasteiger partial charge on any atom is 0.218 e. The Morgan fingerprint density at radius 3 is 2.81 bits per heavy atom. The predicted molar refractivity (Wildman–Crippen MR) is 128 cm³/mol. The van der Waals surface area contributed by atoms with Gasteiger partial charge in [0, 0.05) is 46.1 Å². The zero-order valence-corrected chi connectivity index (χ0v) is 19.4. The third kappa shape index (κ3) is 7.35. The third-order valence-electron chi connectivity index (χ3n) is 5.44. The van der Waals surface area contributed by atoms with Crippen molar-refractivity contribution in [3.05, 3.63) is 59.8 Å². The first-order valence-electron chi connectivity index (χ1n) is 11.2. The van der Waals surface area contributed by atoms with Crippen molar-refractivity contribution in [2.75, 3.05) is 12.3 Å². The normalized spacial score (nSPS) is 20.1. The van der Waals surface area contributed by atoms with Crippen LogP contribution in [0.5, 0.6) is 5.88 Å². The summed E-state index contributed by atoms with van der Waals surface area (Å²) in [4.78, 5) is 9.19. The Kier molecular flexibility index (Phi) is 9.34. The van der Waals surface area contributed by atoms with E-state index in [9.17, 15) is 4.21 Å². The standard InChI is InChI=1S/C24H34N4O2S/c1-3-25-24(28-21-13-8-14-22(16-21)31(29)4-2)27-17-20-12-9-15-26-23(20)30-18-19-10-6-5-7-11-19/h5-7,9-12,15,21-22H,3-4,8,13-14,16-18H2,1-2H3,(H2,25,27,28). The number of rotatable bonds is 9. The second-order valence-corrected chi connectivity index (χ2v) is 9.74. The molecule has 3 unspecified atom stereocenters. The van der Waals surface area contributed by atoms with Crippen LogP contribution in [0.15, 0.2) is 53.7 Å². The van der Waals surface area contributed by atoms with Gasteiger partial charge in [0.05, 0.1) is 6.54 Å². The molecule has 168 valence electrons. The molecule has 0 spiro atoms. The van der Waals surface area contributed by atoms with Gasteiger partial charge in [-0.15, -0.1) is 0 Å². The summed E-state index contributed by atoms with van der Waals surface area (Å²) < 4.78 is 18.2. The van der Waals surface area contributed by atoms with Crippen LogP contribution in [-0.2, 0) is 24.0 Å². The minimum Gasteiger partial charge on any atom is -0.473 e. The van der Waals surface area contributed by atoms with Crippen LogP contribution in [0.3, 0.4) is 0 Å². The summed E-state index contributed by atoms with van der Waals surface area (Å²) in [7, 11) is -0.733. The number of pyridine rings is 1. The Labute approximate surface area is 188 Å². The highest BCUT2D eigenvalue weighted by Crippen LogP contribution is 2.23. The fourth-order valence-electron chi connectivity index (χ4n) is 3.83. The lowest BCUT2D eigenvalue weighted by Gasteiger charge is -2.30. The van der Waals surface area contributed by atoms with E-state index < -0.39 is 10.8 Å². The van der Waals surface area contributed by atoms with Crippen molar-refractivity contribution in [1.29, 1.82) is 0 Å². The molecule has 2 N–H and O–H groups in total. The second-order valence-electron chi connectivity index (χ2n) is 7.74. The quantitative estimate of drug-likeness (QED) is 0.456. The Morgan fingerprint density at radius 1 is 1.19 bits per heavy atom. The van der Waals surface area contributed by atoms with E-state index in [0.717, 1.165) is 55.1 Å². The SMILES string of the molecule is CCNC(=NCc1cccnc1OCc1ccccc1)NC1CCCC(S(=O)CC)C1. The smallest absolute Gasteiger partial charge is 0.218 e. The van der Waals surface area contributed by atoms with Crippen molar-refractivity contribution in [3.8, 4) is 5.88 Å². The summed E-state index contributed by atoms with van der Waals surface area (Å²) in [6.45, 7) is 5.80. The highest BCUT2D eigenvalue weighted by atomic mass is 32.2. The van der Waals surface area contributed by atoms with Crippen molar-refractivity contribution in [3.63, 3.8) is 0 Å². The van der Waals surface area contributed by atoms with E-state index in [1.165, 1.54) is 0 Å². The molecule has 1 saturated carbocycles. The van der Waals surface area contributed by atoms with Crippen LogP contribution >= 0.6 is 0 Å². The van der Waals surface area contributed by atoms with Gasteiger partial charge in [0.15, 0.2) is 5.96 Å².